The third-order valence-corrected chi connectivity index (χ3v) is 3.94. The predicted molar refractivity (Wildman–Crippen MR) is 69.0 cm³/mol. The van der Waals surface area contributed by atoms with Gasteiger partial charge in [-0.2, -0.15) is 0 Å². The first-order chi connectivity index (χ1) is 6.73. The van der Waals surface area contributed by atoms with E-state index >= 15 is 0 Å². The molecule has 0 amide bonds. The lowest BCUT2D eigenvalue weighted by Crippen LogP contribution is -2.37. The van der Waals surface area contributed by atoms with Crippen LogP contribution in [0, 0.1) is 11.3 Å². The molecule has 1 saturated carbocycles. The number of hydrogen-bond donors (Lipinski definition) is 1. The molecule has 88 valence electrons. The second-order valence-corrected chi connectivity index (χ2v) is 7.18. The van der Waals surface area contributed by atoms with Crippen LogP contribution in [0.4, 0.5) is 0 Å². The third kappa shape index (κ3) is 3.92. The Labute approximate surface area is 102 Å². The summed E-state index contributed by atoms with van der Waals surface area (Å²) in [4.78, 5) is 0. The van der Waals surface area contributed by atoms with Gasteiger partial charge < -0.3 is 5.11 Å². The first kappa shape index (κ1) is 13.2. The number of hydrogen-bond acceptors (Lipinski definition) is 1. The van der Waals surface area contributed by atoms with Crippen LogP contribution < -0.4 is 0 Å². The van der Waals surface area contributed by atoms with Gasteiger partial charge in [0.25, 0.3) is 0 Å². The topological polar surface area (TPSA) is 20.2 Å². The molecular weight excluding hydrogens is 252 g/mol. The maximum atomic E-state index is 10.3. The highest BCUT2D eigenvalue weighted by Gasteiger charge is 2.37. The van der Waals surface area contributed by atoms with Gasteiger partial charge in [0.2, 0.25) is 0 Å². The molecule has 1 fully saturated rings. The van der Waals surface area contributed by atoms with Crippen molar-refractivity contribution in [3.8, 4) is 0 Å². The predicted octanol–water partition coefficient (Wildman–Crippen LogP) is 4.25. The van der Waals surface area contributed by atoms with Crippen LogP contribution in [-0.4, -0.2) is 10.7 Å². The zero-order valence-electron chi connectivity index (χ0n) is 10.1. The van der Waals surface area contributed by atoms with Crippen LogP contribution >= 0.6 is 15.9 Å². The lowest BCUT2D eigenvalue weighted by atomic mass is 9.68. The van der Waals surface area contributed by atoms with Crippen LogP contribution in [0.3, 0.4) is 0 Å². The van der Waals surface area contributed by atoms with E-state index in [0.29, 0.717) is 11.8 Å². The molecule has 1 nitrogen and oxygen atoms in total. The van der Waals surface area contributed by atoms with Gasteiger partial charge in [0.1, 0.15) is 0 Å². The van der Waals surface area contributed by atoms with Crippen LogP contribution in [0.5, 0.6) is 0 Å². The highest BCUT2D eigenvalue weighted by molar-refractivity contribution is 9.11. The van der Waals surface area contributed by atoms with Gasteiger partial charge in [-0.1, -0.05) is 43.3 Å². The molecule has 15 heavy (non-hydrogen) atoms. The van der Waals surface area contributed by atoms with E-state index in [4.69, 9.17) is 0 Å². The van der Waals surface area contributed by atoms with Crippen molar-refractivity contribution in [1.82, 2.24) is 0 Å². The highest BCUT2D eigenvalue weighted by Crippen LogP contribution is 2.43. The van der Waals surface area contributed by atoms with Crippen molar-refractivity contribution < 1.29 is 5.11 Å². The fraction of sp³-hybridized carbons (Fsp3) is 0.846. The molecule has 0 aromatic carbocycles. The minimum absolute atomic E-state index is 0.382. The molecule has 0 aromatic rings. The van der Waals surface area contributed by atoms with E-state index in [-0.39, 0.29) is 0 Å². The average molecular weight is 275 g/mol. The minimum atomic E-state index is -0.498. The molecule has 0 spiro atoms. The van der Waals surface area contributed by atoms with Crippen molar-refractivity contribution in [2.24, 2.45) is 11.3 Å². The van der Waals surface area contributed by atoms with Crippen LogP contribution in [0.2, 0.25) is 0 Å². The first-order valence-electron chi connectivity index (χ1n) is 5.79. The van der Waals surface area contributed by atoms with Crippen molar-refractivity contribution in [3.05, 3.63) is 11.1 Å². The van der Waals surface area contributed by atoms with Crippen molar-refractivity contribution in [2.75, 3.05) is 0 Å². The van der Waals surface area contributed by atoms with Gasteiger partial charge in [-0.25, -0.2) is 0 Å². The summed E-state index contributed by atoms with van der Waals surface area (Å²) in [6, 6.07) is 0. The Morgan fingerprint density at radius 1 is 1.40 bits per heavy atom. The number of rotatable bonds is 2. The van der Waals surface area contributed by atoms with E-state index < -0.39 is 5.60 Å². The Morgan fingerprint density at radius 2 is 1.87 bits per heavy atom. The monoisotopic (exact) mass is 274 g/mol. The Balaban J connectivity index is 2.51. The number of halogens is 1. The Morgan fingerprint density at radius 3 is 2.20 bits per heavy atom. The summed E-state index contributed by atoms with van der Waals surface area (Å²) in [6.45, 7) is 10.7. The maximum absolute atomic E-state index is 10.3. The van der Waals surface area contributed by atoms with Gasteiger partial charge in [-0.05, 0) is 41.5 Å². The van der Waals surface area contributed by atoms with E-state index in [1.165, 1.54) is 0 Å². The van der Waals surface area contributed by atoms with Crippen LogP contribution in [-0.2, 0) is 0 Å². The minimum Gasteiger partial charge on any atom is -0.390 e. The largest absolute Gasteiger partial charge is 0.390 e. The molecule has 1 N–H and O–H groups in total. The SMILES string of the molecule is C=C(Br)CC1(O)CCC(C(C)(C)C)CC1. The van der Waals surface area contributed by atoms with Crippen LogP contribution in [0.15, 0.2) is 11.1 Å². The molecule has 1 rings (SSSR count). The standard InChI is InChI=1S/C13H23BrO/c1-10(14)9-13(15)7-5-11(6-8-13)12(2,3)4/h11,15H,1,5-9H2,2-4H3. The second kappa shape index (κ2) is 4.58. The molecule has 2 heteroatoms. The summed E-state index contributed by atoms with van der Waals surface area (Å²) in [5, 5.41) is 10.3. The van der Waals surface area contributed by atoms with Gasteiger partial charge in [-0.15, -0.1) is 0 Å². The van der Waals surface area contributed by atoms with Gasteiger partial charge in [0.05, 0.1) is 5.60 Å². The van der Waals surface area contributed by atoms with E-state index in [9.17, 15) is 5.11 Å². The van der Waals surface area contributed by atoms with E-state index in [2.05, 4.69) is 43.3 Å². The quantitative estimate of drug-likeness (QED) is 0.798. The molecule has 0 aromatic heterocycles. The number of aliphatic hydroxyl groups is 1. The molecule has 1 aliphatic carbocycles. The molecular formula is C13H23BrO. The van der Waals surface area contributed by atoms with Gasteiger partial charge in [0.15, 0.2) is 0 Å². The molecule has 0 saturated heterocycles. The summed E-state index contributed by atoms with van der Waals surface area (Å²) in [5.41, 5.74) is -0.116. The molecule has 1 aliphatic rings. The van der Waals surface area contributed by atoms with Crippen molar-refractivity contribution >= 4 is 15.9 Å². The second-order valence-electron chi connectivity index (χ2n) is 6.06. The smallest absolute Gasteiger partial charge is 0.0693 e. The lowest BCUT2D eigenvalue weighted by Gasteiger charge is -2.41. The van der Waals surface area contributed by atoms with Crippen molar-refractivity contribution in [3.63, 3.8) is 0 Å². The fourth-order valence-corrected chi connectivity index (χ4v) is 3.08. The average Bonchev–Trinajstić information content (AvgIpc) is 2.00. The molecule has 0 unspecified atom stereocenters. The zero-order valence-corrected chi connectivity index (χ0v) is 11.7. The summed E-state index contributed by atoms with van der Waals surface area (Å²) < 4.78 is 0.916. The highest BCUT2D eigenvalue weighted by atomic mass is 79.9. The van der Waals surface area contributed by atoms with E-state index in [1.54, 1.807) is 0 Å². The lowest BCUT2D eigenvalue weighted by molar-refractivity contribution is -0.0229. The summed E-state index contributed by atoms with van der Waals surface area (Å²) >= 11 is 3.35. The first-order valence-corrected chi connectivity index (χ1v) is 6.58. The summed E-state index contributed by atoms with van der Waals surface area (Å²) in [5.74, 6) is 0.751. The zero-order chi connectivity index (χ0) is 11.7. The normalized spacial score (nSPS) is 32.7. The Hall–Kier alpha value is 0.180. The van der Waals surface area contributed by atoms with Crippen LogP contribution in [0.1, 0.15) is 52.9 Å². The van der Waals surface area contributed by atoms with E-state index in [0.717, 1.165) is 36.1 Å². The van der Waals surface area contributed by atoms with Gasteiger partial charge in [-0.3, -0.25) is 0 Å². The van der Waals surface area contributed by atoms with Crippen molar-refractivity contribution in [2.45, 2.75) is 58.5 Å². The fourth-order valence-electron chi connectivity index (χ4n) is 2.55. The molecule has 0 radical (unpaired) electrons. The van der Waals surface area contributed by atoms with E-state index in [1.807, 2.05) is 0 Å². The molecule has 0 atom stereocenters. The summed E-state index contributed by atoms with van der Waals surface area (Å²) in [6.07, 6.45) is 4.81. The Kier molecular flexibility index (Phi) is 4.05. The van der Waals surface area contributed by atoms with Crippen LogP contribution in [0.25, 0.3) is 0 Å². The maximum Gasteiger partial charge on any atom is 0.0693 e. The van der Waals surface area contributed by atoms with Crippen molar-refractivity contribution in [1.29, 1.82) is 0 Å². The Bertz CT molecular complexity index is 231. The summed E-state index contributed by atoms with van der Waals surface area (Å²) in [7, 11) is 0. The molecule has 0 bridgehead atoms. The third-order valence-electron chi connectivity index (χ3n) is 3.66. The van der Waals surface area contributed by atoms with Gasteiger partial charge >= 0.3 is 0 Å². The van der Waals surface area contributed by atoms with Gasteiger partial charge in [0, 0.05) is 6.42 Å². The molecule has 0 aliphatic heterocycles. The molecule has 0 heterocycles.